The van der Waals surface area contributed by atoms with Gasteiger partial charge >= 0.3 is 0 Å². The minimum Gasteiger partial charge on any atom is -0.355 e. The lowest BCUT2D eigenvalue weighted by Crippen LogP contribution is -2.28. The highest BCUT2D eigenvalue weighted by atomic mass is 16.7. The van der Waals surface area contributed by atoms with Gasteiger partial charge in [0, 0.05) is 5.92 Å². The second-order valence-electron chi connectivity index (χ2n) is 4.36. The molecule has 15 heavy (non-hydrogen) atoms. The molecular formula is C13H16O2. The van der Waals surface area contributed by atoms with Crippen molar-refractivity contribution in [1.82, 2.24) is 0 Å². The fourth-order valence-electron chi connectivity index (χ4n) is 2.77. The van der Waals surface area contributed by atoms with Crippen molar-refractivity contribution in [2.75, 3.05) is 13.4 Å². The quantitative estimate of drug-likeness (QED) is 0.699. The van der Waals surface area contributed by atoms with Gasteiger partial charge in [-0.2, -0.15) is 0 Å². The molecule has 1 fully saturated rings. The Balaban J connectivity index is 1.83. The molecule has 0 saturated carbocycles. The first-order valence-corrected chi connectivity index (χ1v) is 5.72. The Morgan fingerprint density at radius 1 is 1.13 bits per heavy atom. The summed E-state index contributed by atoms with van der Waals surface area (Å²) in [5, 5.41) is 0. The third-order valence-corrected chi connectivity index (χ3v) is 3.54. The number of fused-ring (bicyclic) bond motifs is 1. The Hall–Kier alpha value is -0.860. The van der Waals surface area contributed by atoms with E-state index in [1.54, 1.807) is 0 Å². The van der Waals surface area contributed by atoms with Crippen LogP contribution in [-0.2, 0) is 15.9 Å². The molecule has 1 aliphatic carbocycles. The lowest BCUT2D eigenvalue weighted by atomic mass is 9.93. The number of benzene rings is 1. The molecule has 1 aromatic rings. The summed E-state index contributed by atoms with van der Waals surface area (Å²) in [7, 11) is 0. The summed E-state index contributed by atoms with van der Waals surface area (Å²) in [5.41, 5.74) is 3.02. The molecule has 0 N–H and O–H groups in total. The van der Waals surface area contributed by atoms with Crippen molar-refractivity contribution in [3.63, 3.8) is 0 Å². The highest BCUT2D eigenvalue weighted by Crippen LogP contribution is 2.38. The Labute approximate surface area is 90.2 Å². The summed E-state index contributed by atoms with van der Waals surface area (Å²) in [5.74, 6) is 0.602. The highest BCUT2D eigenvalue weighted by molar-refractivity contribution is 5.35. The van der Waals surface area contributed by atoms with Crippen LogP contribution in [0.2, 0.25) is 0 Å². The molecule has 2 heteroatoms. The molecule has 0 radical (unpaired) electrons. The molecular weight excluding hydrogens is 188 g/mol. The SMILES string of the molecule is c1ccc2c(c1)CCC2C1CCOCO1. The molecule has 3 rings (SSSR count). The summed E-state index contributed by atoms with van der Waals surface area (Å²) < 4.78 is 10.9. The van der Waals surface area contributed by atoms with Crippen LogP contribution in [0.5, 0.6) is 0 Å². The van der Waals surface area contributed by atoms with Crippen LogP contribution in [0.25, 0.3) is 0 Å². The molecule has 80 valence electrons. The van der Waals surface area contributed by atoms with Gasteiger partial charge in [0.2, 0.25) is 0 Å². The van der Waals surface area contributed by atoms with Crippen molar-refractivity contribution in [2.45, 2.75) is 31.3 Å². The number of hydrogen-bond donors (Lipinski definition) is 0. The second-order valence-corrected chi connectivity index (χ2v) is 4.36. The molecule has 2 nitrogen and oxygen atoms in total. The Morgan fingerprint density at radius 3 is 2.93 bits per heavy atom. The van der Waals surface area contributed by atoms with E-state index in [4.69, 9.17) is 9.47 Å². The van der Waals surface area contributed by atoms with Crippen molar-refractivity contribution < 1.29 is 9.47 Å². The van der Waals surface area contributed by atoms with E-state index in [0.29, 0.717) is 18.8 Å². The zero-order valence-corrected chi connectivity index (χ0v) is 8.82. The van der Waals surface area contributed by atoms with Crippen molar-refractivity contribution >= 4 is 0 Å². The summed E-state index contributed by atoms with van der Waals surface area (Å²) in [6, 6.07) is 8.77. The van der Waals surface area contributed by atoms with Crippen LogP contribution in [0.15, 0.2) is 24.3 Å². The van der Waals surface area contributed by atoms with Crippen molar-refractivity contribution in [3.05, 3.63) is 35.4 Å². The van der Waals surface area contributed by atoms with Gasteiger partial charge in [0.25, 0.3) is 0 Å². The zero-order valence-electron chi connectivity index (χ0n) is 8.82. The standard InChI is InChI=1S/C13H16O2/c1-2-4-11-10(3-1)5-6-12(11)13-7-8-14-9-15-13/h1-4,12-13H,5-9H2. The van der Waals surface area contributed by atoms with Crippen molar-refractivity contribution in [2.24, 2.45) is 0 Å². The molecule has 0 amide bonds. The van der Waals surface area contributed by atoms with Crippen molar-refractivity contribution in [1.29, 1.82) is 0 Å². The number of ether oxygens (including phenoxy) is 2. The van der Waals surface area contributed by atoms with Crippen LogP contribution in [0.4, 0.5) is 0 Å². The monoisotopic (exact) mass is 204 g/mol. The van der Waals surface area contributed by atoms with Crippen LogP contribution >= 0.6 is 0 Å². The van der Waals surface area contributed by atoms with E-state index in [-0.39, 0.29) is 0 Å². The summed E-state index contributed by atoms with van der Waals surface area (Å²) in [6.07, 6.45) is 3.87. The molecule has 2 unspecified atom stereocenters. The van der Waals surface area contributed by atoms with E-state index in [9.17, 15) is 0 Å². The van der Waals surface area contributed by atoms with E-state index in [0.717, 1.165) is 13.0 Å². The van der Waals surface area contributed by atoms with E-state index in [1.165, 1.54) is 24.0 Å². The Bertz CT molecular complexity index is 342. The highest BCUT2D eigenvalue weighted by Gasteiger charge is 2.31. The maximum absolute atomic E-state index is 5.70. The molecule has 1 saturated heterocycles. The fourth-order valence-corrected chi connectivity index (χ4v) is 2.77. The van der Waals surface area contributed by atoms with Gasteiger partial charge in [-0.1, -0.05) is 24.3 Å². The molecule has 1 aliphatic heterocycles. The smallest absolute Gasteiger partial charge is 0.147 e. The van der Waals surface area contributed by atoms with Crippen LogP contribution < -0.4 is 0 Å². The van der Waals surface area contributed by atoms with E-state index < -0.39 is 0 Å². The third-order valence-electron chi connectivity index (χ3n) is 3.54. The minimum absolute atomic E-state index is 0.377. The molecule has 1 heterocycles. The first kappa shape index (κ1) is 9.37. The minimum atomic E-state index is 0.377. The fraction of sp³-hybridized carbons (Fsp3) is 0.538. The Kier molecular flexibility index (Phi) is 2.47. The van der Waals surface area contributed by atoms with Crippen LogP contribution in [-0.4, -0.2) is 19.5 Å². The van der Waals surface area contributed by atoms with Gasteiger partial charge < -0.3 is 9.47 Å². The maximum atomic E-state index is 5.70. The predicted molar refractivity (Wildman–Crippen MR) is 57.8 cm³/mol. The topological polar surface area (TPSA) is 18.5 Å². The lowest BCUT2D eigenvalue weighted by Gasteiger charge is -2.28. The van der Waals surface area contributed by atoms with Gasteiger partial charge in [-0.15, -0.1) is 0 Å². The first-order valence-electron chi connectivity index (χ1n) is 5.72. The average Bonchev–Trinajstić information content (AvgIpc) is 2.74. The first-order chi connectivity index (χ1) is 7.45. The van der Waals surface area contributed by atoms with Crippen molar-refractivity contribution in [3.8, 4) is 0 Å². The number of rotatable bonds is 1. The largest absolute Gasteiger partial charge is 0.355 e. The summed E-state index contributed by atoms with van der Waals surface area (Å²) in [4.78, 5) is 0. The van der Waals surface area contributed by atoms with Gasteiger partial charge in [0.15, 0.2) is 0 Å². The molecule has 0 spiro atoms. The van der Waals surface area contributed by atoms with Gasteiger partial charge in [-0.05, 0) is 30.4 Å². The van der Waals surface area contributed by atoms with E-state index in [2.05, 4.69) is 24.3 Å². The molecule has 0 bridgehead atoms. The maximum Gasteiger partial charge on any atom is 0.147 e. The zero-order chi connectivity index (χ0) is 10.1. The molecule has 2 atom stereocenters. The average molecular weight is 204 g/mol. The van der Waals surface area contributed by atoms with E-state index in [1.807, 2.05) is 0 Å². The number of aryl methyl sites for hydroxylation is 1. The van der Waals surface area contributed by atoms with Crippen LogP contribution in [0.1, 0.15) is 29.9 Å². The van der Waals surface area contributed by atoms with Crippen LogP contribution in [0, 0.1) is 0 Å². The normalized spacial score (nSPS) is 30.1. The molecule has 1 aromatic carbocycles. The van der Waals surface area contributed by atoms with Gasteiger partial charge in [0.1, 0.15) is 6.79 Å². The predicted octanol–water partition coefficient (Wildman–Crippen LogP) is 2.48. The summed E-state index contributed by atoms with van der Waals surface area (Å²) >= 11 is 0. The lowest BCUT2D eigenvalue weighted by molar-refractivity contribution is -0.145. The number of hydrogen-bond acceptors (Lipinski definition) is 2. The second kappa shape index (κ2) is 3.95. The van der Waals surface area contributed by atoms with E-state index >= 15 is 0 Å². The Morgan fingerprint density at radius 2 is 2.07 bits per heavy atom. The van der Waals surface area contributed by atoms with Gasteiger partial charge in [-0.3, -0.25) is 0 Å². The summed E-state index contributed by atoms with van der Waals surface area (Å²) in [6.45, 7) is 1.33. The van der Waals surface area contributed by atoms with Gasteiger partial charge in [0.05, 0.1) is 12.7 Å². The third kappa shape index (κ3) is 1.68. The molecule has 0 aromatic heterocycles. The van der Waals surface area contributed by atoms with Crippen LogP contribution in [0.3, 0.4) is 0 Å². The van der Waals surface area contributed by atoms with Gasteiger partial charge in [-0.25, -0.2) is 0 Å². The molecule has 2 aliphatic rings.